The average molecular weight is 313 g/mol. The zero-order valence-electron chi connectivity index (χ0n) is 13.0. The first-order valence-electron chi connectivity index (χ1n) is 7.53. The Morgan fingerprint density at radius 3 is 2.43 bits per heavy atom. The minimum atomic E-state index is -0.210. The first kappa shape index (κ1) is 15.4. The predicted molar refractivity (Wildman–Crippen MR) is 87.6 cm³/mol. The summed E-state index contributed by atoms with van der Waals surface area (Å²) >= 11 is 0. The number of ether oxygens (including phenoxy) is 2. The van der Waals surface area contributed by atoms with E-state index in [1.54, 1.807) is 43.5 Å². The van der Waals surface area contributed by atoms with Crippen molar-refractivity contribution in [3.05, 3.63) is 53.6 Å². The van der Waals surface area contributed by atoms with E-state index in [0.29, 0.717) is 30.1 Å². The molecule has 1 aliphatic heterocycles. The van der Waals surface area contributed by atoms with E-state index in [9.17, 15) is 9.90 Å². The molecule has 0 aromatic heterocycles. The molecule has 1 heterocycles. The van der Waals surface area contributed by atoms with Crippen LogP contribution in [0.5, 0.6) is 11.5 Å². The van der Waals surface area contributed by atoms with Crippen molar-refractivity contribution in [3.8, 4) is 11.5 Å². The second-order valence-electron chi connectivity index (χ2n) is 5.36. The van der Waals surface area contributed by atoms with Gasteiger partial charge in [0.1, 0.15) is 11.5 Å². The Balaban J connectivity index is 1.82. The number of benzene rings is 2. The van der Waals surface area contributed by atoms with E-state index < -0.39 is 0 Å². The average Bonchev–Trinajstić information content (AvgIpc) is 2.62. The molecule has 5 heteroatoms. The van der Waals surface area contributed by atoms with Gasteiger partial charge in [0.05, 0.1) is 25.9 Å². The number of morpholine rings is 1. The van der Waals surface area contributed by atoms with Crippen LogP contribution >= 0.6 is 0 Å². The van der Waals surface area contributed by atoms with Gasteiger partial charge in [-0.1, -0.05) is 0 Å². The van der Waals surface area contributed by atoms with Gasteiger partial charge in [-0.3, -0.25) is 4.79 Å². The Labute approximate surface area is 135 Å². The van der Waals surface area contributed by atoms with Gasteiger partial charge >= 0.3 is 0 Å². The molecule has 23 heavy (non-hydrogen) atoms. The number of carbonyl (C=O) groups is 1. The van der Waals surface area contributed by atoms with E-state index in [1.807, 2.05) is 6.07 Å². The Morgan fingerprint density at radius 1 is 1.13 bits per heavy atom. The van der Waals surface area contributed by atoms with Crippen molar-refractivity contribution in [2.45, 2.75) is 0 Å². The van der Waals surface area contributed by atoms with Gasteiger partial charge in [-0.05, 0) is 36.4 Å². The molecule has 1 saturated heterocycles. The van der Waals surface area contributed by atoms with Crippen molar-refractivity contribution in [1.29, 1.82) is 0 Å². The molecule has 0 unspecified atom stereocenters. The number of phenolic OH excluding ortho intramolecular Hbond substituents is 1. The maximum Gasteiger partial charge on any atom is 0.196 e. The highest BCUT2D eigenvalue weighted by Crippen LogP contribution is 2.27. The zero-order chi connectivity index (χ0) is 16.2. The third-order valence-electron chi connectivity index (χ3n) is 3.95. The van der Waals surface area contributed by atoms with Crippen LogP contribution < -0.4 is 9.64 Å². The molecule has 1 aliphatic rings. The van der Waals surface area contributed by atoms with Crippen molar-refractivity contribution in [2.75, 3.05) is 38.3 Å². The number of hydrogen-bond donors (Lipinski definition) is 1. The van der Waals surface area contributed by atoms with E-state index in [1.165, 1.54) is 0 Å². The molecule has 0 aliphatic carbocycles. The SMILES string of the molecule is COc1ccc(C(=O)c2ccc(N3CCOCC3)cc2O)cc1. The van der Waals surface area contributed by atoms with Crippen LogP contribution in [0.25, 0.3) is 0 Å². The summed E-state index contributed by atoms with van der Waals surface area (Å²) < 4.78 is 10.4. The first-order chi connectivity index (χ1) is 11.2. The normalized spacial score (nSPS) is 14.6. The van der Waals surface area contributed by atoms with E-state index in [2.05, 4.69) is 4.90 Å². The quantitative estimate of drug-likeness (QED) is 0.879. The topological polar surface area (TPSA) is 59.0 Å². The Kier molecular flexibility index (Phi) is 4.48. The third kappa shape index (κ3) is 3.29. The highest BCUT2D eigenvalue weighted by molar-refractivity contribution is 6.10. The van der Waals surface area contributed by atoms with Gasteiger partial charge in [-0.15, -0.1) is 0 Å². The maximum atomic E-state index is 12.5. The number of carbonyl (C=O) groups excluding carboxylic acids is 1. The van der Waals surface area contributed by atoms with Gasteiger partial charge in [0.15, 0.2) is 5.78 Å². The minimum absolute atomic E-state index is 0.00481. The molecule has 0 radical (unpaired) electrons. The maximum absolute atomic E-state index is 12.5. The summed E-state index contributed by atoms with van der Waals surface area (Å²) in [6, 6.07) is 12.0. The highest BCUT2D eigenvalue weighted by Gasteiger charge is 2.17. The Bertz CT molecular complexity index is 691. The fraction of sp³-hybridized carbons (Fsp3) is 0.278. The molecule has 3 rings (SSSR count). The zero-order valence-corrected chi connectivity index (χ0v) is 13.0. The predicted octanol–water partition coefficient (Wildman–Crippen LogP) is 2.47. The summed E-state index contributed by atoms with van der Waals surface area (Å²) in [6.45, 7) is 2.91. The van der Waals surface area contributed by atoms with Gasteiger partial charge in [0.2, 0.25) is 0 Å². The first-order valence-corrected chi connectivity index (χ1v) is 7.53. The number of anilines is 1. The lowest BCUT2D eigenvalue weighted by atomic mass is 10.0. The van der Waals surface area contributed by atoms with Crippen molar-refractivity contribution in [3.63, 3.8) is 0 Å². The van der Waals surface area contributed by atoms with Crippen LogP contribution in [0.15, 0.2) is 42.5 Å². The summed E-state index contributed by atoms with van der Waals surface area (Å²) in [5, 5.41) is 10.3. The molecule has 0 spiro atoms. The van der Waals surface area contributed by atoms with Gasteiger partial charge in [-0.2, -0.15) is 0 Å². The van der Waals surface area contributed by atoms with Crippen molar-refractivity contribution in [1.82, 2.24) is 0 Å². The standard InChI is InChI=1S/C18H19NO4/c1-22-15-5-2-13(3-6-15)18(21)16-7-4-14(12-17(16)20)19-8-10-23-11-9-19/h2-7,12,20H,8-11H2,1H3. The molecule has 0 saturated carbocycles. The molecule has 2 aromatic rings. The number of hydrogen-bond acceptors (Lipinski definition) is 5. The number of aromatic hydroxyl groups is 1. The number of nitrogens with zero attached hydrogens (tertiary/aromatic N) is 1. The summed E-state index contributed by atoms with van der Waals surface area (Å²) in [4.78, 5) is 14.6. The van der Waals surface area contributed by atoms with Gasteiger partial charge < -0.3 is 19.5 Å². The fourth-order valence-corrected chi connectivity index (χ4v) is 2.63. The van der Waals surface area contributed by atoms with Crippen molar-refractivity contribution >= 4 is 11.5 Å². The van der Waals surface area contributed by atoms with Crippen LogP contribution in [-0.2, 0) is 4.74 Å². The molecule has 2 aromatic carbocycles. The van der Waals surface area contributed by atoms with Crippen LogP contribution in [0.3, 0.4) is 0 Å². The fourth-order valence-electron chi connectivity index (χ4n) is 2.63. The lowest BCUT2D eigenvalue weighted by molar-refractivity contribution is 0.103. The van der Waals surface area contributed by atoms with E-state index in [4.69, 9.17) is 9.47 Å². The number of methoxy groups -OCH3 is 1. The summed E-state index contributed by atoms with van der Waals surface area (Å²) in [5.74, 6) is 0.474. The molecule has 0 atom stereocenters. The Morgan fingerprint density at radius 2 is 1.83 bits per heavy atom. The van der Waals surface area contributed by atoms with Crippen LogP contribution in [0.4, 0.5) is 5.69 Å². The van der Waals surface area contributed by atoms with Gasteiger partial charge in [-0.25, -0.2) is 0 Å². The van der Waals surface area contributed by atoms with Crippen LogP contribution in [0.2, 0.25) is 0 Å². The molecular formula is C18H19NO4. The van der Waals surface area contributed by atoms with Crippen molar-refractivity contribution < 1.29 is 19.4 Å². The lowest BCUT2D eigenvalue weighted by Gasteiger charge is -2.29. The molecule has 120 valence electrons. The van der Waals surface area contributed by atoms with E-state index >= 15 is 0 Å². The van der Waals surface area contributed by atoms with Gasteiger partial charge in [0.25, 0.3) is 0 Å². The van der Waals surface area contributed by atoms with Crippen LogP contribution in [-0.4, -0.2) is 44.3 Å². The van der Waals surface area contributed by atoms with Gasteiger partial charge in [0, 0.05) is 30.4 Å². The largest absolute Gasteiger partial charge is 0.507 e. The monoisotopic (exact) mass is 313 g/mol. The summed E-state index contributed by atoms with van der Waals surface area (Å²) in [5.41, 5.74) is 1.71. The number of ketones is 1. The number of phenols is 1. The minimum Gasteiger partial charge on any atom is -0.507 e. The number of rotatable bonds is 4. The van der Waals surface area contributed by atoms with E-state index in [0.717, 1.165) is 18.8 Å². The van der Waals surface area contributed by atoms with Crippen molar-refractivity contribution in [2.24, 2.45) is 0 Å². The summed E-state index contributed by atoms with van der Waals surface area (Å²) in [7, 11) is 1.58. The smallest absolute Gasteiger partial charge is 0.196 e. The molecule has 0 bridgehead atoms. The second-order valence-corrected chi connectivity index (χ2v) is 5.36. The Hall–Kier alpha value is -2.53. The highest BCUT2D eigenvalue weighted by atomic mass is 16.5. The second kappa shape index (κ2) is 6.71. The van der Waals surface area contributed by atoms with Crippen LogP contribution in [0.1, 0.15) is 15.9 Å². The van der Waals surface area contributed by atoms with E-state index in [-0.39, 0.29) is 11.5 Å². The molecule has 1 N–H and O–H groups in total. The third-order valence-corrected chi connectivity index (χ3v) is 3.95. The molecule has 0 amide bonds. The van der Waals surface area contributed by atoms with Crippen LogP contribution in [0, 0.1) is 0 Å². The lowest BCUT2D eigenvalue weighted by Crippen LogP contribution is -2.36. The summed E-state index contributed by atoms with van der Waals surface area (Å²) in [6.07, 6.45) is 0. The molecule has 1 fully saturated rings. The molecule has 5 nitrogen and oxygen atoms in total. The molecular weight excluding hydrogens is 294 g/mol.